The van der Waals surface area contributed by atoms with Crippen molar-refractivity contribution >= 4 is 11.8 Å². The van der Waals surface area contributed by atoms with E-state index in [2.05, 4.69) is 20.4 Å². The molecular formula is C17H14F2N6O3. The lowest BCUT2D eigenvalue weighted by atomic mass is 10.0. The van der Waals surface area contributed by atoms with E-state index in [9.17, 15) is 13.6 Å². The van der Waals surface area contributed by atoms with Crippen LogP contribution in [0.5, 0.6) is 0 Å². The monoisotopic (exact) mass is 388 g/mol. The summed E-state index contributed by atoms with van der Waals surface area (Å²) < 4.78 is 34.2. The number of hydrogen-bond acceptors (Lipinski definition) is 7. The highest BCUT2D eigenvalue weighted by molar-refractivity contribution is 5.90. The highest BCUT2D eigenvalue weighted by Gasteiger charge is 2.33. The van der Waals surface area contributed by atoms with Gasteiger partial charge >= 0.3 is 6.09 Å². The van der Waals surface area contributed by atoms with Crippen molar-refractivity contribution in [3.05, 3.63) is 42.1 Å². The second-order valence-corrected chi connectivity index (χ2v) is 6.12. The Labute approximate surface area is 157 Å². The summed E-state index contributed by atoms with van der Waals surface area (Å²) in [5.74, 6) is -1.43. The van der Waals surface area contributed by atoms with Crippen molar-refractivity contribution < 1.29 is 23.4 Å². The quantitative estimate of drug-likeness (QED) is 0.722. The lowest BCUT2D eigenvalue weighted by Crippen LogP contribution is -2.25. The zero-order valence-corrected chi connectivity index (χ0v) is 14.6. The van der Waals surface area contributed by atoms with Crippen molar-refractivity contribution in [1.82, 2.24) is 25.2 Å². The molecule has 0 radical (unpaired) electrons. The number of carbonyl (C=O) groups is 1. The fourth-order valence-electron chi connectivity index (χ4n) is 2.88. The third-order valence-corrected chi connectivity index (χ3v) is 4.21. The minimum absolute atomic E-state index is 0.00744. The Bertz CT molecular complexity index is 1020. The van der Waals surface area contributed by atoms with Crippen molar-refractivity contribution in [1.29, 1.82) is 0 Å². The Morgan fingerprint density at radius 2 is 2.04 bits per heavy atom. The minimum atomic E-state index is -0.859. The molecule has 28 heavy (non-hydrogen) atoms. The Morgan fingerprint density at radius 3 is 2.57 bits per heavy atom. The van der Waals surface area contributed by atoms with Gasteiger partial charge in [0.25, 0.3) is 0 Å². The highest BCUT2D eigenvalue weighted by atomic mass is 19.1. The summed E-state index contributed by atoms with van der Waals surface area (Å²) in [7, 11) is 1.61. The first kappa shape index (κ1) is 17.9. The van der Waals surface area contributed by atoms with E-state index in [1.807, 2.05) is 0 Å². The SMILES string of the molecule is Cn1nnc(-c2ccc(-c3c(F)cc(N4C[C@H](CO)OC4=O)cc3F)cn2)n1. The van der Waals surface area contributed by atoms with Crippen LogP contribution in [0.25, 0.3) is 22.6 Å². The minimum Gasteiger partial charge on any atom is -0.441 e. The van der Waals surface area contributed by atoms with Crippen LogP contribution in [0.15, 0.2) is 30.5 Å². The smallest absolute Gasteiger partial charge is 0.414 e. The van der Waals surface area contributed by atoms with E-state index in [1.165, 1.54) is 23.1 Å². The molecule has 1 saturated heterocycles. The summed E-state index contributed by atoms with van der Waals surface area (Å²) in [6.07, 6.45) is -0.198. The number of anilines is 1. The third-order valence-electron chi connectivity index (χ3n) is 4.21. The lowest BCUT2D eigenvalue weighted by molar-refractivity contribution is 0.0963. The first-order valence-electron chi connectivity index (χ1n) is 8.25. The van der Waals surface area contributed by atoms with Gasteiger partial charge in [0.1, 0.15) is 23.4 Å². The average Bonchev–Trinajstić information content (AvgIpc) is 3.27. The second-order valence-electron chi connectivity index (χ2n) is 6.12. The number of aromatic nitrogens is 5. The largest absolute Gasteiger partial charge is 0.441 e. The summed E-state index contributed by atoms with van der Waals surface area (Å²) in [6, 6.07) is 5.10. The maximum atomic E-state index is 14.6. The number of pyridine rings is 1. The van der Waals surface area contributed by atoms with Crippen molar-refractivity contribution in [2.75, 3.05) is 18.1 Å². The number of amides is 1. The number of aliphatic hydroxyl groups excluding tert-OH is 1. The predicted molar refractivity (Wildman–Crippen MR) is 92.1 cm³/mol. The van der Waals surface area contributed by atoms with E-state index in [-0.39, 0.29) is 35.8 Å². The number of cyclic esters (lactones) is 1. The highest BCUT2D eigenvalue weighted by Crippen LogP contribution is 2.32. The van der Waals surface area contributed by atoms with E-state index in [0.717, 1.165) is 17.0 Å². The van der Waals surface area contributed by atoms with Crippen molar-refractivity contribution in [3.8, 4) is 22.6 Å². The van der Waals surface area contributed by atoms with Crippen molar-refractivity contribution in [2.24, 2.45) is 7.05 Å². The number of carbonyl (C=O) groups excluding carboxylic acids is 1. The van der Waals surface area contributed by atoms with Gasteiger partial charge in [-0.15, -0.1) is 10.2 Å². The molecule has 9 nitrogen and oxygen atoms in total. The van der Waals surface area contributed by atoms with Crippen molar-refractivity contribution in [3.63, 3.8) is 0 Å². The van der Waals surface area contributed by atoms with E-state index in [4.69, 9.17) is 9.84 Å². The van der Waals surface area contributed by atoms with E-state index >= 15 is 0 Å². The van der Waals surface area contributed by atoms with Gasteiger partial charge in [0.15, 0.2) is 0 Å². The molecular weight excluding hydrogens is 374 g/mol. The molecule has 3 aromatic rings. The number of aliphatic hydroxyl groups is 1. The van der Waals surface area contributed by atoms with E-state index in [0.29, 0.717) is 5.69 Å². The Morgan fingerprint density at radius 1 is 1.29 bits per heavy atom. The molecule has 1 fully saturated rings. The van der Waals surface area contributed by atoms with Crippen LogP contribution in [0.4, 0.5) is 19.3 Å². The maximum Gasteiger partial charge on any atom is 0.414 e. The number of halogens is 2. The molecule has 144 valence electrons. The number of tetrazole rings is 1. The predicted octanol–water partition coefficient (Wildman–Crippen LogP) is 1.53. The summed E-state index contributed by atoms with van der Waals surface area (Å²) in [5.41, 5.74) is 0.352. The summed E-state index contributed by atoms with van der Waals surface area (Å²) in [6.45, 7) is -0.362. The molecule has 4 rings (SSSR count). The second kappa shape index (κ2) is 6.93. The summed E-state index contributed by atoms with van der Waals surface area (Å²) in [4.78, 5) is 18.3. The number of rotatable bonds is 4. The number of hydrogen-bond donors (Lipinski definition) is 1. The average molecular weight is 388 g/mol. The Balaban J connectivity index is 1.64. The molecule has 11 heteroatoms. The van der Waals surface area contributed by atoms with Gasteiger partial charge in [-0.3, -0.25) is 9.88 Å². The van der Waals surface area contributed by atoms with Crippen LogP contribution in [-0.4, -0.2) is 55.6 Å². The molecule has 1 aliphatic rings. The molecule has 0 aliphatic carbocycles. The number of nitrogens with zero attached hydrogens (tertiary/aromatic N) is 6. The summed E-state index contributed by atoms with van der Waals surface area (Å²) >= 11 is 0. The van der Waals surface area contributed by atoms with Crippen LogP contribution in [-0.2, 0) is 11.8 Å². The molecule has 1 N–H and O–H groups in total. The molecule has 0 unspecified atom stereocenters. The van der Waals surface area contributed by atoms with Crippen LogP contribution in [0.2, 0.25) is 0 Å². The molecule has 2 aromatic heterocycles. The molecule has 0 saturated carbocycles. The molecule has 1 aliphatic heterocycles. The van der Waals surface area contributed by atoms with Crippen LogP contribution in [0.3, 0.4) is 0 Å². The van der Waals surface area contributed by atoms with Gasteiger partial charge in [0, 0.05) is 11.8 Å². The van der Waals surface area contributed by atoms with Gasteiger partial charge in [-0.05, 0) is 23.4 Å². The Kier molecular flexibility index (Phi) is 4.43. The van der Waals surface area contributed by atoms with Crippen molar-refractivity contribution in [2.45, 2.75) is 6.10 Å². The van der Waals surface area contributed by atoms with E-state index < -0.39 is 23.8 Å². The third kappa shape index (κ3) is 3.16. The molecule has 1 amide bonds. The summed E-state index contributed by atoms with van der Waals surface area (Å²) in [5, 5.41) is 20.6. The zero-order chi connectivity index (χ0) is 19.8. The van der Waals surface area contributed by atoms with Gasteiger partial charge in [-0.1, -0.05) is 6.07 Å². The number of ether oxygens (including phenoxy) is 1. The standard InChI is InChI=1S/C17H14F2N6O3/c1-24-22-16(21-23-24)14-3-2-9(6-20-14)15-12(18)4-10(5-13(15)19)25-7-11(8-26)28-17(25)27/h2-6,11,26H,7-8H2,1H3/t11-/m1/s1. The lowest BCUT2D eigenvalue weighted by Gasteiger charge is -2.15. The van der Waals surface area contributed by atoms with Crippen LogP contribution >= 0.6 is 0 Å². The fraction of sp³-hybridized carbons (Fsp3) is 0.235. The van der Waals surface area contributed by atoms with Crippen LogP contribution < -0.4 is 4.90 Å². The van der Waals surface area contributed by atoms with Gasteiger partial charge in [0.2, 0.25) is 5.82 Å². The molecule has 1 atom stereocenters. The first-order valence-corrected chi connectivity index (χ1v) is 8.25. The molecule has 3 heterocycles. The maximum absolute atomic E-state index is 14.6. The molecule has 0 spiro atoms. The van der Waals surface area contributed by atoms with Gasteiger partial charge in [0.05, 0.1) is 31.5 Å². The Hall–Kier alpha value is -3.47. The first-order chi connectivity index (χ1) is 13.5. The topological polar surface area (TPSA) is 106 Å². The van der Waals surface area contributed by atoms with Gasteiger partial charge in [-0.2, -0.15) is 4.80 Å². The zero-order valence-electron chi connectivity index (χ0n) is 14.6. The van der Waals surface area contributed by atoms with E-state index in [1.54, 1.807) is 7.05 Å². The van der Waals surface area contributed by atoms with Crippen LogP contribution in [0, 0.1) is 11.6 Å². The number of benzene rings is 1. The normalized spacial score (nSPS) is 16.5. The van der Waals surface area contributed by atoms with Gasteiger partial charge in [-0.25, -0.2) is 13.6 Å². The molecule has 1 aromatic carbocycles. The fourth-order valence-corrected chi connectivity index (χ4v) is 2.88. The number of aryl methyl sites for hydroxylation is 1. The molecule has 0 bridgehead atoms. The van der Waals surface area contributed by atoms with Gasteiger partial charge < -0.3 is 9.84 Å². The van der Waals surface area contributed by atoms with Crippen LogP contribution in [0.1, 0.15) is 0 Å².